The van der Waals surface area contributed by atoms with Crippen LogP contribution in [0.15, 0.2) is 36.5 Å². The number of anilines is 1. The zero-order valence-corrected chi connectivity index (χ0v) is 16.4. The van der Waals surface area contributed by atoms with E-state index < -0.39 is 23.6 Å². The van der Waals surface area contributed by atoms with Crippen LogP contribution < -0.4 is 11.1 Å². The fourth-order valence-corrected chi connectivity index (χ4v) is 3.84. The smallest absolute Gasteiger partial charge is 0.274 e. The number of fused-ring (bicyclic) bond motifs is 1. The van der Waals surface area contributed by atoms with Crippen LogP contribution in [0.3, 0.4) is 0 Å². The van der Waals surface area contributed by atoms with E-state index in [1.807, 2.05) is 0 Å². The molecule has 7 nitrogen and oxygen atoms in total. The van der Waals surface area contributed by atoms with Gasteiger partial charge in [-0.15, -0.1) is 0 Å². The Hall–Kier alpha value is -3.43. The SMILES string of the molecule is NC(=O)c1cc(NC(=O)c2c3ccc(F)cc3nn2CC2CCC(F)(F)CC2)ccn1. The van der Waals surface area contributed by atoms with Gasteiger partial charge < -0.3 is 11.1 Å². The van der Waals surface area contributed by atoms with Crippen molar-refractivity contribution < 1.29 is 22.8 Å². The van der Waals surface area contributed by atoms with Crippen molar-refractivity contribution in [2.24, 2.45) is 11.7 Å². The molecule has 4 rings (SSSR count). The first-order chi connectivity index (χ1) is 14.7. The summed E-state index contributed by atoms with van der Waals surface area (Å²) < 4.78 is 42.2. The third kappa shape index (κ3) is 4.52. The molecule has 1 aliphatic carbocycles. The lowest BCUT2D eigenvalue weighted by Crippen LogP contribution is -2.28. The van der Waals surface area contributed by atoms with E-state index in [2.05, 4.69) is 15.4 Å². The number of aromatic nitrogens is 3. The number of halogens is 3. The van der Waals surface area contributed by atoms with Crippen molar-refractivity contribution in [3.63, 3.8) is 0 Å². The van der Waals surface area contributed by atoms with Crippen LogP contribution in [0.1, 0.15) is 46.7 Å². The highest BCUT2D eigenvalue weighted by molar-refractivity contribution is 6.11. The minimum absolute atomic E-state index is 0.0126. The van der Waals surface area contributed by atoms with E-state index in [4.69, 9.17) is 5.73 Å². The summed E-state index contributed by atoms with van der Waals surface area (Å²) in [5.41, 5.74) is 5.99. The number of hydrogen-bond acceptors (Lipinski definition) is 4. The molecule has 31 heavy (non-hydrogen) atoms. The third-order valence-electron chi connectivity index (χ3n) is 5.45. The highest BCUT2D eigenvalue weighted by atomic mass is 19.3. The summed E-state index contributed by atoms with van der Waals surface area (Å²) in [4.78, 5) is 28.3. The summed E-state index contributed by atoms with van der Waals surface area (Å²) in [6.07, 6.45) is 1.54. The monoisotopic (exact) mass is 431 g/mol. The molecule has 0 spiro atoms. The van der Waals surface area contributed by atoms with Gasteiger partial charge in [-0.1, -0.05) is 0 Å². The topological polar surface area (TPSA) is 103 Å². The molecule has 2 aromatic heterocycles. The van der Waals surface area contributed by atoms with Gasteiger partial charge in [-0.25, -0.2) is 13.2 Å². The third-order valence-corrected chi connectivity index (χ3v) is 5.45. The van der Waals surface area contributed by atoms with Gasteiger partial charge in [0.25, 0.3) is 11.8 Å². The number of nitrogens with two attached hydrogens (primary N) is 1. The van der Waals surface area contributed by atoms with Gasteiger partial charge >= 0.3 is 0 Å². The number of rotatable bonds is 5. The van der Waals surface area contributed by atoms with Crippen molar-refractivity contribution >= 4 is 28.4 Å². The molecule has 1 aromatic carbocycles. The maximum absolute atomic E-state index is 13.7. The van der Waals surface area contributed by atoms with E-state index in [1.54, 1.807) is 0 Å². The number of nitrogens with one attached hydrogen (secondary N) is 1. The Kier molecular flexibility index (Phi) is 5.38. The summed E-state index contributed by atoms with van der Waals surface area (Å²) in [5, 5.41) is 7.46. The number of carbonyl (C=O) groups is 2. The Morgan fingerprint density at radius 1 is 1.19 bits per heavy atom. The van der Waals surface area contributed by atoms with Gasteiger partial charge in [0.2, 0.25) is 5.92 Å². The Morgan fingerprint density at radius 3 is 2.65 bits per heavy atom. The number of hydrogen-bond donors (Lipinski definition) is 2. The highest BCUT2D eigenvalue weighted by Gasteiger charge is 2.35. The molecule has 2 amide bonds. The van der Waals surface area contributed by atoms with Crippen LogP contribution in [0.25, 0.3) is 10.9 Å². The first-order valence-electron chi connectivity index (χ1n) is 9.83. The lowest BCUT2D eigenvalue weighted by atomic mass is 9.87. The van der Waals surface area contributed by atoms with Gasteiger partial charge in [-0.3, -0.25) is 19.3 Å². The Bertz CT molecular complexity index is 1150. The van der Waals surface area contributed by atoms with Crippen LogP contribution in [0.5, 0.6) is 0 Å². The second-order valence-corrected chi connectivity index (χ2v) is 7.74. The summed E-state index contributed by atoms with van der Waals surface area (Å²) in [7, 11) is 0. The molecule has 0 aliphatic heterocycles. The minimum atomic E-state index is -2.66. The molecule has 162 valence electrons. The van der Waals surface area contributed by atoms with Crippen molar-refractivity contribution in [2.45, 2.75) is 38.2 Å². The number of pyridine rings is 1. The summed E-state index contributed by atoms with van der Waals surface area (Å²) in [6, 6.07) is 6.74. The van der Waals surface area contributed by atoms with Gasteiger partial charge in [-0.05, 0) is 43.0 Å². The van der Waals surface area contributed by atoms with Crippen LogP contribution in [0.4, 0.5) is 18.9 Å². The molecule has 1 saturated carbocycles. The number of benzene rings is 1. The van der Waals surface area contributed by atoms with Gasteiger partial charge in [0.1, 0.15) is 17.2 Å². The largest absolute Gasteiger partial charge is 0.364 e. The fourth-order valence-electron chi connectivity index (χ4n) is 3.84. The predicted molar refractivity (Wildman–Crippen MR) is 107 cm³/mol. The van der Waals surface area contributed by atoms with Crippen LogP contribution in [-0.4, -0.2) is 32.5 Å². The molecule has 0 unspecified atom stereocenters. The lowest BCUT2D eigenvalue weighted by molar-refractivity contribution is -0.0476. The molecule has 0 saturated heterocycles. The van der Waals surface area contributed by atoms with E-state index in [9.17, 15) is 22.8 Å². The van der Waals surface area contributed by atoms with E-state index in [0.29, 0.717) is 29.4 Å². The molecule has 1 fully saturated rings. The van der Waals surface area contributed by atoms with Crippen molar-refractivity contribution in [1.82, 2.24) is 14.8 Å². The van der Waals surface area contributed by atoms with Gasteiger partial charge in [-0.2, -0.15) is 5.10 Å². The maximum atomic E-state index is 13.7. The van der Waals surface area contributed by atoms with Gasteiger partial charge in [0, 0.05) is 42.7 Å². The zero-order valence-electron chi connectivity index (χ0n) is 16.4. The molecular formula is C21H20F3N5O2. The number of amides is 2. The van der Waals surface area contributed by atoms with Crippen molar-refractivity contribution in [1.29, 1.82) is 0 Å². The van der Waals surface area contributed by atoms with Gasteiger partial charge in [0.05, 0.1) is 5.52 Å². The molecule has 10 heteroatoms. The van der Waals surface area contributed by atoms with E-state index in [1.165, 1.54) is 41.2 Å². The number of alkyl halides is 2. The van der Waals surface area contributed by atoms with Gasteiger partial charge in [0.15, 0.2) is 0 Å². The summed E-state index contributed by atoms with van der Waals surface area (Å²) >= 11 is 0. The summed E-state index contributed by atoms with van der Waals surface area (Å²) in [6.45, 7) is 0.262. The molecule has 0 atom stereocenters. The molecule has 0 bridgehead atoms. The molecule has 3 aromatic rings. The molecule has 0 radical (unpaired) electrons. The Balaban J connectivity index is 1.65. The van der Waals surface area contributed by atoms with E-state index >= 15 is 0 Å². The summed E-state index contributed by atoms with van der Waals surface area (Å²) in [5.74, 6) is -4.50. The first-order valence-corrected chi connectivity index (χ1v) is 9.83. The normalized spacial score (nSPS) is 16.4. The number of nitrogens with zero attached hydrogens (tertiary/aromatic N) is 3. The maximum Gasteiger partial charge on any atom is 0.274 e. The number of primary amides is 1. The number of carbonyl (C=O) groups excluding carboxylic acids is 2. The minimum Gasteiger partial charge on any atom is -0.364 e. The molecule has 3 N–H and O–H groups in total. The quantitative estimate of drug-likeness (QED) is 0.642. The molecule has 1 aliphatic rings. The average Bonchev–Trinajstić information content (AvgIpc) is 3.06. The van der Waals surface area contributed by atoms with E-state index in [0.717, 1.165) is 0 Å². The van der Waals surface area contributed by atoms with Crippen LogP contribution in [0, 0.1) is 11.7 Å². The Morgan fingerprint density at radius 2 is 1.94 bits per heavy atom. The van der Waals surface area contributed by atoms with E-state index in [-0.39, 0.29) is 36.7 Å². The lowest BCUT2D eigenvalue weighted by Gasteiger charge is -2.28. The van der Waals surface area contributed by atoms with Crippen LogP contribution in [0.2, 0.25) is 0 Å². The fraction of sp³-hybridized carbons (Fsp3) is 0.333. The standard InChI is InChI=1S/C21H20F3N5O2/c22-13-1-2-15-16(9-13)28-29(11-12-3-6-21(23,24)7-4-12)18(15)20(31)27-14-5-8-26-17(10-14)19(25)30/h1-2,5,8-10,12H,3-4,6-7,11H2,(H2,25,30)(H,26,27,31). The second-order valence-electron chi connectivity index (χ2n) is 7.74. The Labute approximate surface area is 175 Å². The van der Waals surface area contributed by atoms with Crippen molar-refractivity contribution in [3.8, 4) is 0 Å². The predicted octanol–water partition coefficient (Wildman–Crippen LogP) is 3.75. The second kappa shape index (κ2) is 8.01. The first kappa shape index (κ1) is 20.8. The highest BCUT2D eigenvalue weighted by Crippen LogP contribution is 2.37. The molecule has 2 heterocycles. The molecular weight excluding hydrogens is 411 g/mol. The average molecular weight is 431 g/mol. The zero-order chi connectivity index (χ0) is 22.2. The van der Waals surface area contributed by atoms with Crippen LogP contribution >= 0.6 is 0 Å². The van der Waals surface area contributed by atoms with Crippen LogP contribution in [-0.2, 0) is 6.54 Å². The van der Waals surface area contributed by atoms with Crippen molar-refractivity contribution in [3.05, 3.63) is 53.7 Å². The van der Waals surface area contributed by atoms with Crippen molar-refractivity contribution in [2.75, 3.05) is 5.32 Å².